The molecule has 2 N–H and O–H groups in total. The summed E-state index contributed by atoms with van der Waals surface area (Å²) in [6.45, 7) is 0. The van der Waals surface area contributed by atoms with Gasteiger partial charge in [0.15, 0.2) is 6.21 Å². The molecule has 2 nitrogen and oxygen atoms in total. The Hall–Kier alpha value is -1.05. The number of hydrogen-bond donors (Lipinski definition) is 2. The van der Waals surface area contributed by atoms with Crippen molar-refractivity contribution in [2.24, 2.45) is 0 Å². The van der Waals surface area contributed by atoms with Gasteiger partial charge in [0.25, 0.3) is 0 Å². The van der Waals surface area contributed by atoms with Crippen molar-refractivity contribution >= 4 is 6.21 Å². The topological polar surface area (TPSA) is 26.0 Å². The molecule has 0 bridgehead atoms. The van der Waals surface area contributed by atoms with Gasteiger partial charge in [0.2, 0.25) is 0 Å². The molecule has 2 heteroatoms. The maximum Gasteiger partial charge on any atom is 0.161 e. The van der Waals surface area contributed by atoms with Crippen LogP contribution >= 0.6 is 0 Å². The van der Waals surface area contributed by atoms with Crippen LogP contribution in [0.1, 0.15) is 0 Å². The molecule has 0 saturated heterocycles. The van der Waals surface area contributed by atoms with Crippen LogP contribution in [-0.2, 0) is 0 Å². The fourth-order valence-corrected chi connectivity index (χ4v) is 0.368. The zero-order valence-corrected chi connectivity index (χ0v) is 5.89. The van der Waals surface area contributed by atoms with Crippen LogP contribution in [0.15, 0.2) is 24.4 Å². The van der Waals surface area contributed by atoms with E-state index in [0.717, 1.165) is 0 Å². The summed E-state index contributed by atoms with van der Waals surface area (Å²) in [7, 11) is 3.73. The lowest BCUT2D eigenvalue weighted by Gasteiger charge is -1.77. The molecule has 50 valence electrons. The van der Waals surface area contributed by atoms with E-state index in [1.807, 2.05) is 44.7 Å². The van der Waals surface area contributed by atoms with Crippen molar-refractivity contribution in [3.63, 3.8) is 0 Å². The first-order chi connectivity index (χ1) is 4.41. The molecule has 0 atom stereocenters. The largest absolute Gasteiger partial charge is 0.394 e. The Morgan fingerprint density at radius 3 is 2.56 bits per heavy atom. The Morgan fingerprint density at radius 2 is 2.00 bits per heavy atom. The summed E-state index contributed by atoms with van der Waals surface area (Å²) < 4.78 is 0. The standard InChI is InChI=1S/C7H12N2/c1-8-6-4-3-5-7-9-2/h3-8H,1-2H3/p+1/b5-3+,6-4+,9-7?. The minimum atomic E-state index is 1.86. The molecular formula is C7H13N2+. The molecule has 9 heavy (non-hydrogen) atoms. The predicted octanol–water partition coefficient (Wildman–Crippen LogP) is -0.943. The molecule has 0 unspecified atom stereocenters. The molecular weight excluding hydrogens is 112 g/mol. The number of nitrogens with one attached hydrogen (secondary N) is 2. The van der Waals surface area contributed by atoms with Crippen LogP contribution in [0.2, 0.25) is 0 Å². The highest BCUT2D eigenvalue weighted by Crippen LogP contribution is 1.68. The lowest BCUT2D eigenvalue weighted by atomic mass is 10.5. The second-order valence-electron chi connectivity index (χ2n) is 1.49. The number of rotatable bonds is 3. The fourth-order valence-electron chi connectivity index (χ4n) is 0.368. The molecule has 0 aliphatic heterocycles. The molecule has 0 aromatic heterocycles. The summed E-state index contributed by atoms with van der Waals surface area (Å²) in [6.07, 6.45) is 9.51. The van der Waals surface area contributed by atoms with E-state index in [4.69, 9.17) is 0 Å². The minimum absolute atomic E-state index is 1.86. The van der Waals surface area contributed by atoms with Gasteiger partial charge in [0.1, 0.15) is 7.05 Å². The first-order valence-electron chi connectivity index (χ1n) is 2.91. The summed E-state index contributed by atoms with van der Waals surface area (Å²) in [4.78, 5) is 2.88. The van der Waals surface area contributed by atoms with Crippen LogP contribution in [0.4, 0.5) is 0 Å². The summed E-state index contributed by atoms with van der Waals surface area (Å²) in [5.74, 6) is 0. The lowest BCUT2D eigenvalue weighted by molar-refractivity contribution is -0.413. The molecule has 0 aliphatic carbocycles. The second kappa shape index (κ2) is 6.95. The van der Waals surface area contributed by atoms with Crippen LogP contribution < -0.4 is 10.3 Å². The van der Waals surface area contributed by atoms with Gasteiger partial charge in [-0.1, -0.05) is 6.08 Å². The van der Waals surface area contributed by atoms with Crippen molar-refractivity contribution in [3.05, 3.63) is 24.4 Å². The summed E-state index contributed by atoms with van der Waals surface area (Å²) in [5.41, 5.74) is 0. The fraction of sp³-hybridized carbons (Fsp3) is 0.286. The van der Waals surface area contributed by atoms with E-state index in [2.05, 4.69) is 10.3 Å². The molecule has 0 aromatic rings. The van der Waals surface area contributed by atoms with Gasteiger partial charge < -0.3 is 5.32 Å². The van der Waals surface area contributed by atoms with E-state index in [-0.39, 0.29) is 0 Å². The third kappa shape index (κ3) is 6.95. The zero-order valence-electron chi connectivity index (χ0n) is 5.89. The Labute approximate surface area is 56.0 Å². The van der Waals surface area contributed by atoms with Gasteiger partial charge in [-0.05, 0) is 12.3 Å². The van der Waals surface area contributed by atoms with Crippen molar-refractivity contribution in [3.8, 4) is 0 Å². The van der Waals surface area contributed by atoms with E-state index in [9.17, 15) is 0 Å². The smallest absolute Gasteiger partial charge is 0.161 e. The Bertz CT molecular complexity index is 123. The van der Waals surface area contributed by atoms with Gasteiger partial charge in [-0.15, -0.1) is 0 Å². The third-order valence-corrected chi connectivity index (χ3v) is 0.748. The normalized spacial score (nSPS) is 12.2. The minimum Gasteiger partial charge on any atom is -0.394 e. The third-order valence-electron chi connectivity index (χ3n) is 0.748. The van der Waals surface area contributed by atoms with E-state index in [1.54, 1.807) is 0 Å². The molecule has 0 aromatic carbocycles. The molecule has 0 saturated carbocycles. The Balaban J connectivity index is 3.35. The predicted molar refractivity (Wildman–Crippen MR) is 40.3 cm³/mol. The number of hydrogen-bond acceptors (Lipinski definition) is 1. The van der Waals surface area contributed by atoms with E-state index in [0.29, 0.717) is 0 Å². The molecule has 0 rings (SSSR count). The molecule has 0 aliphatic rings. The summed E-state index contributed by atoms with van der Waals surface area (Å²) >= 11 is 0. The van der Waals surface area contributed by atoms with Gasteiger partial charge in [0.05, 0.1) is 0 Å². The van der Waals surface area contributed by atoms with Crippen LogP contribution in [-0.4, -0.2) is 20.3 Å². The van der Waals surface area contributed by atoms with Gasteiger partial charge in [0, 0.05) is 13.1 Å². The molecule has 0 spiro atoms. The van der Waals surface area contributed by atoms with Crippen LogP contribution in [0, 0.1) is 0 Å². The Morgan fingerprint density at radius 1 is 1.22 bits per heavy atom. The van der Waals surface area contributed by atoms with Gasteiger partial charge in [-0.3, -0.25) is 4.99 Å². The van der Waals surface area contributed by atoms with E-state index < -0.39 is 0 Å². The quantitative estimate of drug-likeness (QED) is 0.369. The highest BCUT2D eigenvalue weighted by Gasteiger charge is 1.62. The van der Waals surface area contributed by atoms with E-state index >= 15 is 0 Å². The first-order valence-corrected chi connectivity index (χ1v) is 2.91. The van der Waals surface area contributed by atoms with Crippen LogP contribution in [0.3, 0.4) is 0 Å². The van der Waals surface area contributed by atoms with Gasteiger partial charge in [-0.2, -0.15) is 0 Å². The highest BCUT2D eigenvalue weighted by molar-refractivity contribution is 5.65. The first kappa shape index (κ1) is 7.95. The maximum absolute atomic E-state index is 2.88. The lowest BCUT2D eigenvalue weighted by Crippen LogP contribution is -2.62. The van der Waals surface area contributed by atoms with Crippen LogP contribution in [0.25, 0.3) is 0 Å². The van der Waals surface area contributed by atoms with Crippen molar-refractivity contribution in [1.29, 1.82) is 0 Å². The summed E-state index contributed by atoms with van der Waals surface area (Å²) in [6, 6.07) is 0. The highest BCUT2D eigenvalue weighted by atomic mass is 14.8. The SMILES string of the molecule is CN/C=C/C=C/C=[NH+]C. The van der Waals surface area contributed by atoms with Crippen molar-refractivity contribution < 1.29 is 4.99 Å². The number of allylic oxidation sites excluding steroid dienone is 3. The van der Waals surface area contributed by atoms with E-state index in [1.165, 1.54) is 0 Å². The van der Waals surface area contributed by atoms with Crippen molar-refractivity contribution in [2.75, 3.05) is 14.1 Å². The molecule has 0 fully saturated rings. The van der Waals surface area contributed by atoms with Crippen molar-refractivity contribution in [1.82, 2.24) is 5.32 Å². The average Bonchev–Trinajstić information content (AvgIpc) is 1.89. The van der Waals surface area contributed by atoms with Crippen LogP contribution in [0.5, 0.6) is 0 Å². The molecule has 0 radical (unpaired) electrons. The Kier molecular flexibility index (Phi) is 6.14. The molecule has 0 heterocycles. The van der Waals surface area contributed by atoms with Gasteiger partial charge >= 0.3 is 0 Å². The monoisotopic (exact) mass is 125 g/mol. The zero-order chi connectivity index (χ0) is 6.95. The van der Waals surface area contributed by atoms with Crippen molar-refractivity contribution in [2.45, 2.75) is 0 Å². The van der Waals surface area contributed by atoms with Gasteiger partial charge in [-0.25, -0.2) is 0 Å². The maximum atomic E-state index is 2.88. The summed E-state index contributed by atoms with van der Waals surface area (Å²) in [5, 5.41) is 2.88. The molecule has 0 amide bonds. The second-order valence-corrected chi connectivity index (χ2v) is 1.49. The average molecular weight is 125 g/mol.